The van der Waals surface area contributed by atoms with Crippen molar-refractivity contribution in [3.05, 3.63) is 66.1 Å². The number of carbonyl (C=O) groups is 1. The van der Waals surface area contributed by atoms with Crippen LogP contribution in [0.1, 0.15) is 18.2 Å². The molecule has 200 valence electrons. The average molecular weight is 532 g/mol. The summed E-state index contributed by atoms with van der Waals surface area (Å²) in [5.74, 6) is 1.78. The molecule has 2 aliphatic rings. The Bertz CT molecular complexity index is 1450. The van der Waals surface area contributed by atoms with Crippen molar-refractivity contribution in [2.75, 3.05) is 46.7 Å². The van der Waals surface area contributed by atoms with Crippen LogP contribution in [-0.4, -0.2) is 63.5 Å². The van der Waals surface area contributed by atoms with Crippen molar-refractivity contribution in [2.24, 2.45) is 0 Å². The minimum absolute atomic E-state index is 0.166. The molecule has 0 unspecified atom stereocenters. The number of carbonyl (C=O) groups excluding carboxylic acids is 1. The van der Waals surface area contributed by atoms with E-state index >= 15 is 0 Å². The maximum absolute atomic E-state index is 13.4. The number of urea groups is 1. The predicted octanol–water partition coefficient (Wildman–Crippen LogP) is 3.49. The number of benzene rings is 1. The molecule has 12 nitrogen and oxygen atoms in total. The lowest BCUT2D eigenvalue weighted by Gasteiger charge is -2.37. The van der Waals surface area contributed by atoms with Crippen molar-refractivity contribution in [3.8, 4) is 11.4 Å². The van der Waals surface area contributed by atoms with Gasteiger partial charge in [0.15, 0.2) is 17.5 Å². The van der Waals surface area contributed by atoms with Gasteiger partial charge in [0.1, 0.15) is 12.1 Å². The van der Waals surface area contributed by atoms with Crippen molar-refractivity contribution in [1.82, 2.24) is 25.1 Å². The summed E-state index contributed by atoms with van der Waals surface area (Å²) in [5.41, 5.74) is 3.37. The molecule has 5 heterocycles. The number of amides is 2. The molecule has 1 fully saturated rings. The SMILES string of the molecule is C[C@H]1COCCN1c1nc(-c2ccc(NC(=O)Nc3ccon3)cc2)nc2c1CCN(c1ncc(F)cn1)C2. The molecular weight excluding hydrogens is 505 g/mol. The zero-order chi connectivity index (χ0) is 26.8. The largest absolute Gasteiger partial charge is 0.377 e. The summed E-state index contributed by atoms with van der Waals surface area (Å²) >= 11 is 0. The molecule has 0 aliphatic carbocycles. The van der Waals surface area contributed by atoms with Crippen LogP contribution in [-0.2, 0) is 17.7 Å². The van der Waals surface area contributed by atoms with E-state index in [4.69, 9.17) is 19.2 Å². The van der Waals surface area contributed by atoms with Gasteiger partial charge in [0.05, 0.1) is 43.9 Å². The fraction of sp³-hybridized carbons (Fsp3) is 0.308. The minimum atomic E-state index is -0.474. The van der Waals surface area contributed by atoms with Crippen LogP contribution in [0.3, 0.4) is 0 Å². The molecule has 0 spiro atoms. The second-order valence-corrected chi connectivity index (χ2v) is 9.33. The topological polar surface area (TPSA) is 134 Å². The van der Waals surface area contributed by atoms with E-state index in [1.165, 1.54) is 18.7 Å². The molecule has 1 aromatic carbocycles. The summed E-state index contributed by atoms with van der Waals surface area (Å²) in [6, 6.07) is 8.58. The number of nitrogens with zero attached hydrogens (tertiary/aromatic N) is 7. The molecule has 6 rings (SSSR count). The third-order valence-corrected chi connectivity index (χ3v) is 6.65. The normalized spacial score (nSPS) is 17.0. The zero-order valence-electron chi connectivity index (χ0n) is 21.2. The Balaban J connectivity index is 1.29. The fourth-order valence-corrected chi connectivity index (χ4v) is 4.72. The first kappa shape index (κ1) is 24.7. The lowest BCUT2D eigenvalue weighted by Crippen LogP contribution is -2.45. The maximum atomic E-state index is 13.4. The van der Waals surface area contributed by atoms with Gasteiger partial charge < -0.3 is 24.4 Å². The second kappa shape index (κ2) is 10.6. The predicted molar refractivity (Wildman–Crippen MR) is 141 cm³/mol. The average Bonchev–Trinajstić information content (AvgIpc) is 3.46. The third kappa shape index (κ3) is 5.34. The van der Waals surface area contributed by atoms with Crippen LogP contribution < -0.4 is 20.4 Å². The van der Waals surface area contributed by atoms with Crippen molar-refractivity contribution in [1.29, 1.82) is 0 Å². The highest BCUT2D eigenvalue weighted by atomic mass is 19.1. The van der Waals surface area contributed by atoms with Crippen LogP contribution in [0.2, 0.25) is 0 Å². The van der Waals surface area contributed by atoms with Gasteiger partial charge in [-0.1, -0.05) is 5.16 Å². The molecule has 1 atom stereocenters. The fourth-order valence-electron chi connectivity index (χ4n) is 4.72. The summed E-state index contributed by atoms with van der Waals surface area (Å²) in [5, 5.41) is 9.02. The van der Waals surface area contributed by atoms with E-state index < -0.39 is 11.8 Å². The molecule has 1 saturated heterocycles. The number of aromatic nitrogens is 5. The molecule has 39 heavy (non-hydrogen) atoms. The number of fused-ring (bicyclic) bond motifs is 1. The van der Waals surface area contributed by atoms with Gasteiger partial charge in [0.25, 0.3) is 0 Å². The first-order valence-electron chi connectivity index (χ1n) is 12.6. The number of hydrogen-bond donors (Lipinski definition) is 2. The van der Waals surface area contributed by atoms with Crippen LogP contribution in [0.5, 0.6) is 0 Å². The Labute approximate surface area is 223 Å². The summed E-state index contributed by atoms with van der Waals surface area (Å²) in [6.45, 7) is 5.26. The summed E-state index contributed by atoms with van der Waals surface area (Å²) < 4.78 is 23.8. The maximum Gasteiger partial charge on any atom is 0.324 e. The molecule has 0 saturated carbocycles. The van der Waals surface area contributed by atoms with Crippen molar-refractivity contribution in [2.45, 2.75) is 25.9 Å². The Morgan fingerprint density at radius 2 is 1.90 bits per heavy atom. The van der Waals surface area contributed by atoms with Crippen LogP contribution in [0.15, 0.2) is 53.5 Å². The van der Waals surface area contributed by atoms with E-state index in [9.17, 15) is 9.18 Å². The van der Waals surface area contributed by atoms with E-state index in [1.54, 1.807) is 18.2 Å². The first-order valence-corrected chi connectivity index (χ1v) is 12.6. The molecule has 2 aliphatic heterocycles. The van der Waals surface area contributed by atoms with Crippen molar-refractivity contribution in [3.63, 3.8) is 0 Å². The lowest BCUT2D eigenvalue weighted by molar-refractivity contribution is 0.0984. The quantitative estimate of drug-likeness (QED) is 0.394. The monoisotopic (exact) mass is 531 g/mol. The van der Waals surface area contributed by atoms with Crippen LogP contribution >= 0.6 is 0 Å². The highest BCUT2D eigenvalue weighted by molar-refractivity contribution is 5.99. The third-order valence-electron chi connectivity index (χ3n) is 6.65. The summed E-state index contributed by atoms with van der Waals surface area (Å²) in [6.07, 6.45) is 4.43. The molecule has 3 aromatic heterocycles. The van der Waals surface area contributed by atoms with Gasteiger partial charge in [-0.2, -0.15) is 0 Å². The molecular formula is C26H26FN9O3. The number of halogens is 1. The lowest BCUT2D eigenvalue weighted by atomic mass is 10.0. The molecule has 0 bridgehead atoms. The highest BCUT2D eigenvalue weighted by Gasteiger charge is 2.29. The number of anilines is 4. The number of nitrogens with one attached hydrogen (secondary N) is 2. The van der Waals surface area contributed by atoms with E-state index in [-0.39, 0.29) is 6.04 Å². The Morgan fingerprint density at radius 3 is 2.64 bits per heavy atom. The number of morpholine rings is 1. The van der Waals surface area contributed by atoms with Gasteiger partial charge in [-0.05, 0) is 37.6 Å². The van der Waals surface area contributed by atoms with Crippen LogP contribution in [0, 0.1) is 5.82 Å². The molecule has 0 radical (unpaired) electrons. The second-order valence-electron chi connectivity index (χ2n) is 9.33. The number of rotatable bonds is 5. The summed E-state index contributed by atoms with van der Waals surface area (Å²) in [7, 11) is 0. The Morgan fingerprint density at radius 1 is 1.08 bits per heavy atom. The first-order chi connectivity index (χ1) is 19.0. The number of hydrogen-bond acceptors (Lipinski definition) is 10. The van der Waals surface area contributed by atoms with Gasteiger partial charge in [-0.15, -0.1) is 0 Å². The van der Waals surface area contributed by atoms with E-state index in [0.717, 1.165) is 29.2 Å². The molecule has 2 N–H and O–H groups in total. The van der Waals surface area contributed by atoms with Crippen molar-refractivity contribution >= 4 is 29.3 Å². The Hall–Kier alpha value is -4.65. The highest BCUT2D eigenvalue weighted by Crippen LogP contribution is 2.32. The van der Waals surface area contributed by atoms with Gasteiger partial charge in [0.2, 0.25) is 5.95 Å². The standard InChI is InChI=1S/C26H26FN9O3/c1-16-15-38-11-9-36(16)24-20-6-8-35(25-28-12-18(27)13-29-25)14-21(20)31-23(33-24)17-2-4-19(5-3-17)30-26(37)32-22-7-10-39-34-22/h2-5,7,10,12-13,16H,6,8-9,11,14-15H2,1H3,(H2,30,32,34,37)/t16-/m0/s1. The van der Waals surface area contributed by atoms with Gasteiger partial charge >= 0.3 is 6.03 Å². The Kier molecular flexibility index (Phi) is 6.71. The van der Waals surface area contributed by atoms with Crippen LogP contribution in [0.4, 0.5) is 32.5 Å². The van der Waals surface area contributed by atoms with Gasteiger partial charge in [-0.3, -0.25) is 5.32 Å². The van der Waals surface area contributed by atoms with E-state index in [2.05, 4.69) is 37.6 Å². The smallest absolute Gasteiger partial charge is 0.324 e. The number of ether oxygens (including phenoxy) is 1. The van der Waals surface area contributed by atoms with E-state index in [1.807, 2.05) is 17.0 Å². The van der Waals surface area contributed by atoms with Gasteiger partial charge in [-0.25, -0.2) is 29.1 Å². The van der Waals surface area contributed by atoms with E-state index in [0.29, 0.717) is 56.0 Å². The molecule has 2 amide bonds. The molecule has 4 aromatic rings. The minimum Gasteiger partial charge on any atom is -0.377 e. The van der Waals surface area contributed by atoms with Crippen molar-refractivity contribution < 1.29 is 18.4 Å². The summed E-state index contributed by atoms with van der Waals surface area (Å²) in [4.78, 5) is 34.8. The van der Waals surface area contributed by atoms with Gasteiger partial charge in [0, 0.05) is 36.0 Å². The zero-order valence-corrected chi connectivity index (χ0v) is 21.2. The molecule has 13 heteroatoms. The van der Waals surface area contributed by atoms with Crippen LogP contribution in [0.25, 0.3) is 11.4 Å².